The molecule has 1 aliphatic rings. The SMILES string of the molecule is CCN(CC)CCN(C)c1nc(-c2cc(C(=O)NC(C)C)ccc2C)c2c(n1)N(c1c(F)cccc1F)C(=O)NC2.O=C(O)C(F)(F)F. The molecule has 4 rings (SSSR count). The van der Waals surface area contributed by atoms with E-state index in [4.69, 9.17) is 19.9 Å². The molecule has 0 fully saturated rings. The highest BCUT2D eigenvalue weighted by molar-refractivity contribution is 6.02. The Morgan fingerprint density at radius 2 is 1.67 bits per heavy atom. The predicted molar refractivity (Wildman–Crippen MR) is 170 cm³/mol. The van der Waals surface area contributed by atoms with Crippen molar-refractivity contribution >= 4 is 35.4 Å². The number of benzene rings is 2. The van der Waals surface area contributed by atoms with Crippen LogP contribution in [0.2, 0.25) is 0 Å². The Kier molecular flexibility index (Phi) is 12.4. The van der Waals surface area contributed by atoms with Gasteiger partial charge in [-0.25, -0.2) is 28.3 Å². The van der Waals surface area contributed by atoms with Gasteiger partial charge in [-0.15, -0.1) is 0 Å². The van der Waals surface area contributed by atoms with Crippen molar-refractivity contribution in [1.82, 2.24) is 25.5 Å². The number of hydrogen-bond acceptors (Lipinski definition) is 7. The number of carboxylic acid groups (broad SMARTS) is 1. The minimum Gasteiger partial charge on any atom is -0.475 e. The Balaban J connectivity index is 0.000000804. The number of aliphatic carboxylic acids is 1. The molecule has 0 atom stereocenters. The summed E-state index contributed by atoms with van der Waals surface area (Å²) in [6.07, 6.45) is -5.08. The van der Waals surface area contributed by atoms with Gasteiger partial charge in [0.1, 0.15) is 17.3 Å². The van der Waals surface area contributed by atoms with Gasteiger partial charge in [0, 0.05) is 42.9 Å². The van der Waals surface area contributed by atoms with Crippen LogP contribution in [0.1, 0.15) is 49.2 Å². The monoisotopic (exact) mass is 679 g/mol. The van der Waals surface area contributed by atoms with E-state index in [0.29, 0.717) is 34.9 Å². The van der Waals surface area contributed by atoms with Gasteiger partial charge in [0.25, 0.3) is 5.91 Å². The second-order valence-electron chi connectivity index (χ2n) is 11.1. The minimum atomic E-state index is -5.08. The summed E-state index contributed by atoms with van der Waals surface area (Å²) in [7, 11) is 1.84. The van der Waals surface area contributed by atoms with Crippen molar-refractivity contribution in [2.75, 3.05) is 43.0 Å². The molecule has 0 saturated carbocycles. The molecule has 3 amide bonds. The molecule has 0 spiro atoms. The van der Waals surface area contributed by atoms with E-state index in [2.05, 4.69) is 29.4 Å². The number of carbonyl (C=O) groups excluding carboxylic acids is 2. The summed E-state index contributed by atoms with van der Waals surface area (Å²) in [5.74, 6) is -4.40. The fourth-order valence-corrected chi connectivity index (χ4v) is 4.75. The fourth-order valence-electron chi connectivity index (χ4n) is 4.75. The van der Waals surface area contributed by atoms with Crippen molar-refractivity contribution in [2.24, 2.45) is 0 Å². The molecule has 16 heteroatoms. The maximum absolute atomic E-state index is 15.0. The number of urea groups is 1. The molecule has 48 heavy (non-hydrogen) atoms. The maximum atomic E-state index is 15.0. The molecule has 3 N–H and O–H groups in total. The fraction of sp³-hybridized carbons (Fsp3) is 0.406. The number of hydrogen-bond donors (Lipinski definition) is 3. The van der Waals surface area contributed by atoms with Crippen LogP contribution in [0.25, 0.3) is 11.3 Å². The quantitative estimate of drug-likeness (QED) is 0.235. The van der Waals surface area contributed by atoms with Crippen LogP contribution in [0.5, 0.6) is 0 Å². The van der Waals surface area contributed by atoms with Crippen LogP contribution in [0.15, 0.2) is 36.4 Å². The minimum absolute atomic E-state index is 0.0430. The van der Waals surface area contributed by atoms with Crippen LogP contribution in [0, 0.1) is 18.6 Å². The van der Waals surface area contributed by atoms with Gasteiger partial charge in [0.2, 0.25) is 5.95 Å². The number of amides is 3. The predicted octanol–water partition coefficient (Wildman–Crippen LogP) is 5.64. The molecule has 2 aromatic carbocycles. The number of para-hydroxylation sites is 1. The number of aryl methyl sites for hydroxylation is 1. The van der Waals surface area contributed by atoms with Crippen molar-refractivity contribution in [3.63, 3.8) is 0 Å². The Morgan fingerprint density at radius 1 is 1.06 bits per heavy atom. The first-order valence-electron chi connectivity index (χ1n) is 15.1. The van der Waals surface area contributed by atoms with Crippen molar-refractivity contribution in [3.05, 3.63) is 64.7 Å². The number of nitrogens with one attached hydrogen (secondary N) is 2. The van der Waals surface area contributed by atoms with Gasteiger partial charge in [-0.05, 0) is 63.7 Å². The highest BCUT2D eigenvalue weighted by Crippen LogP contribution is 2.39. The molecule has 0 radical (unpaired) electrons. The molecule has 0 saturated heterocycles. The third-order valence-corrected chi connectivity index (χ3v) is 7.37. The number of likely N-dealkylation sites (N-methyl/N-ethyl adjacent to an activating group) is 2. The smallest absolute Gasteiger partial charge is 0.475 e. The number of nitrogens with zero attached hydrogens (tertiary/aromatic N) is 5. The molecular weight excluding hydrogens is 641 g/mol. The standard InChI is InChI=1S/C30H37F2N7O2.C2HF3O2/c1-7-38(8-2)15-14-37(6)29-35-25(21-16-20(13-12-19(21)5)28(40)34-18(3)4)22-17-33-30(41)39(27(22)36-29)26-23(31)10-9-11-24(26)32;3-2(4,5)1(6)7/h9-13,16,18H,7-8,14-15,17H2,1-6H3,(H,33,41)(H,34,40);(H,6,7). The molecular formula is C32H38F5N7O4. The van der Waals surface area contributed by atoms with E-state index in [1.807, 2.05) is 38.8 Å². The molecule has 260 valence electrons. The van der Waals surface area contributed by atoms with E-state index in [9.17, 15) is 22.8 Å². The zero-order valence-corrected chi connectivity index (χ0v) is 27.4. The lowest BCUT2D eigenvalue weighted by Gasteiger charge is -2.32. The summed E-state index contributed by atoms with van der Waals surface area (Å²) in [5, 5.41) is 12.7. The molecule has 11 nitrogen and oxygen atoms in total. The number of alkyl halides is 3. The highest BCUT2D eigenvalue weighted by Gasteiger charge is 2.38. The number of anilines is 3. The average Bonchev–Trinajstić information content (AvgIpc) is 3.01. The Bertz CT molecular complexity index is 1630. The summed E-state index contributed by atoms with van der Waals surface area (Å²) in [6.45, 7) is 13.0. The Morgan fingerprint density at radius 3 is 2.21 bits per heavy atom. The van der Waals surface area contributed by atoms with Crippen LogP contribution in [0.3, 0.4) is 0 Å². The number of halogens is 5. The van der Waals surface area contributed by atoms with E-state index in [1.165, 1.54) is 6.07 Å². The number of carboxylic acids is 1. The summed E-state index contributed by atoms with van der Waals surface area (Å²) in [4.78, 5) is 49.6. The lowest BCUT2D eigenvalue weighted by molar-refractivity contribution is -0.192. The van der Waals surface area contributed by atoms with Gasteiger partial charge in [-0.3, -0.25) is 4.79 Å². The molecule has 1 aliphatic heterocycles. The lowest BCUT2D eigenvalue weighted by Crippen LogP contribution is -2.43. The highest BCUT2D eigenvalue weighted by atomic mass is 19.4. The van der Waals surface area contributed by atoms with Gasteiger partial charge in [0.05, 0.1) is 12.2 Å². The number of aromatic nitrogens is 2. The van der Waals surface area contributed by atoms with Crippen molar-refractivity contribution in [1.29, 1.82) is 0 Å². The largest absolute Gasteiger partial charge is 0.490 e. The van der Waals surface area contributed by atoms with E-state index in [-0.39, 0.29) is 24.3 Å². The lowest BCUT2D eigenvalue weighted by atomic mass is 9.97. The number of carbonyl (C=O) groups is 3. The van der Waals surface area contributed by atoms with E-state index in [1.54, 1.807) is 12.1 Å². The van der Waals surface area contributed by atoms with Crippen molar-refractivity contribution in [3.8, 4) is 11.3 Å². The van der Waals surface area contributed by atoms with Crippen LogP contribution < -0.4 is 20.4 Å². The van der Waals surface area contributed by atoms with Gasteiger partial charge >= 0.3 is 18.2 Å². The molecule has 0 aliphatic carbocycles. The Hall–Kier alpha value is -4.86. The molecule has 3 aromatic rings. The van der Waals surface area contributed by atoms with Gasteiger partial charge < -0.3 is 25.5 Å². The van der Waals surface area contributed by atoms with Crippen LogP contribution in [-0.4, -0.2) is 83.3 Å². The zero-order chi connectivity index (χ0) is 35.9. The van der Waals surface area contributed by atoms with Gasteiger partial charge in [-0.1, -0.05) is 26.0 Å². The van der Waals surface area contributed by atoms with Crippen LogP contribution >= 0.6 is 0 Å². The van der Waals surface area contributed by atoms with Gasteiger partial charge in [-0.2, -0.15) is 18.2 Å². The number of fused-ring (bicyclic) bond motifs is 1. The Labute approximate surface area is 274 Å². The van der Waals surface area contributed by atoms with E-state index < -0.39 is 35.5 Å². The summed E-state index contributed by atoms with van der Waals surface area (Å²) >= 11 is 0. The molecule has 0 unspecified atom stereocenters. The third-order valence-electron chi connectivity index (χ3n) is 7.37. The van der Waals surface area contributed by atoms with Crippen molar-refractivity contribution < 1.29 is 41.4 Å². The first-order valence-corrected chi connectivity index (χ1v) is 15.1. The molecule has 2 heterocycles. The second kappa shape index (κ2) is 15.8. The van der Waals surface area contributed by atoms with Crippen LogP contribution in [-0.2, 0) is 11.3 Å². The van der Waals surface area contributed by atoms with Gasteiger partial charge in [0.15, 0.2) is 5.82 Å². The first-order chi connectivity index (χ1) is 22.5. The van der Waals surface area contributed by atoms with Crippen LogP contribution in [0.4, 0.5) is 44.2 Å². The first kappa shape index (κ1) is 37.6. The van der Waals surface area contributed by atoms with Crippen molar-refractivity contribution in [2.45, 2.75) is 53.4 Å². The second-order valence-corrected chi connectivity index (χ2v) is 11.1. The maximum Gasteiger partial charge on any atom is 0.490 e. The third kappa shape index (κ3) is 8.93. The molecule has 0 bridgehead atoms. The normalized spacial score (nSPS) is 12.7. The molecule has 1 aromatic heterocycles. The topological polar surface area (TPSA) is 131 Å². The summed E-state index contributed by atoms with van der Waals surface area (Å²) in [5.41, 5.74) is 2.37. The number of rotatable bonds is 10. The van der Waals surface area contributed by atoms with E-state index in [0.717, 1.165) is 42.2 Å². The zero-order valence-electron chi connectivity index (χ0n) is 27.4. The average molecular weight is 680 g/mol. The summed E-state index contributed by atoms with van der Waals surface area (Å²) < 4.78 is 61.8. The summed E-state index contributed by atoms with van der Waals surface area (Å²) in [6, 6.07) is 8.00. The van der Waals surface area contributed by atoms with E-state index >= 15 is 8.78 Å².